The van der Waals surface area contributed by atoms with Crippen molar-refractivity contribution in [2.45, 2.75) is 64.2 Å². The van der Waals surface area contributed by atoms with Crippen LogP contribution >= 0.6 is 0 Å². The highest BCUT2D eigenvalue weighted by Gasteiger charge is 2.14. The summed E-state index contributed by atoms with van der Waals surface area (Å²) < 4.78 is 0. The maximum atomic E-state index is 11.5. The Hall–Kier alpha value is -1.92. The van der Waals surface area contributed by atoms with Gasteiger partial charge in [-0.1, -0.05) is 37.8 Å². The fourth-order valence-electron chi connectivity index (χ4n) is 3.18. The molecule has 0 aromatic heterocycles. The van der Waals surface area contributed by atoms with Crippen LogP contribution in [-0.4, -0.2) is 35.4 Å². The van der Waals surface area contributed by atoms with Gasteiger partial charge >= 0.3 is 0 Å². The van der Waals surface area contributed by atoms with E-state index in [2.05, 4.69) is 0 Å². The molecule has 26 heavy (non-hydrogen) atoms. The van der Waals surface area contributed by atoms with Gasteiger partial charge in [-0.2, -0.15) is 0 Å². The Morgan fingerprint density at radius 1 is 0.654 bits per heavy atom. The van der Waals surface area contributed by atoms with Crippen LogP contribution in [0.4, 0.5) is 0 Å². The highest BCUT2D eigenvalue weighted by Crippen LogP contribution is 2.24. The van der Waals surface area contributed by atoms with Gasteiger partial charge < -0.3 is 30.0 Å². The molecule has 6 heteroatoms. The van der Waals surface area contributed by atoms with Crippen LogP contribution in [0.1, 0.15) is 83.2 Å². The van der Waals surface area contributed by atoms with Crippen LogP contribution in [-0.2, 0) is 12.8 Å². The Morgan fingerprint density at radius 3 is 1.31 bits per heavy atom. The van der Waals surface area contributed by atoms with E-state index in [0.29, 0.717) is 49.7 Å². The molecule has 0 fully saturated rings. The summed E-state index contributed by atoms with van der Waals surface area (Å²) in [6.45, 7) is 0.257. The first-order chi connectivity index (χ1) is 12.5. The van der Waals surface area contributed by atoms with Gasteiger partial charge in [0, 0.05) is 24.3 Å². The van der Waals surface area contributed by atoms with Gasteiger partial charge in [0.25, 0.3) is 0 Å². The molecule has 0 saturated heterocycles. The van der Waals surface area contributed by atoms with Gasteiger partial charge in [-0.05, 0) is 49.7 Å². The van der Waals surface area contributed by atoms with Crippen molar-refractivity contribution in [1.29, 1.82) is 0 Å². The highest BCUT2D eigenvalue weighted by molar-refractivity contribution is 5.93. The molecule has 0 atom stereocenters. The molecule has 1 aromatic carbocycles. The van der Waals surface area contributed by atoms with Crippen LogP contribution < -0.4 is 10.2 Å². The average Bonchev–Trinajstić information content (AvgIpc) is 2.61. The van der Waals surface area contributed by atoms with Crippen molar-refractivity contribution in [3.8, 4) is 0 Å². The highest BCUT2D eigenvalue weighted by atomic mass is 16.4. The molecule has 0 aliphatic carbocycles. The molecule has 0 saturated carbocycles. The topological polar surface area (TPSA) is 121 Å². The monoisotopic (exact) mass is 364 g/mol. The number of aliphatic hydroxyl groups excluding tert-OH is 2. The average molecular weight is 364 g/mol. The lowest BCUT2D eigenvalue weighted by Crippen LogP contribution is -2.28. The van der Waals surface area contributed by atoms with Crippen molar-refractivity contribution in [2.24, 2.45) is 0 Å². The van der Waals surface area contributed by atoms with Crippen LogP contribution in [0.2, 0.25) is 0 Å². The zero-order chi connectivity index (χ0) is 19.4. The van der Waals surface area contributed by atoms with Crippen LogP contribution in [0.25, 0.3) is 0 Å². The molecule has 0 bridgehead atoms. The van der Waals surface area contributed by atoms with Crippen molar-refractivity contribution < 1.29 is 30.0 Å². The van der Waals surface area contributed by atoms with Gasteiger partial charge in [-0.15, -0.1) is 0 Å². The quantitative estimate of drug-likeness (QED) is 0.467. The minimum Gasteiger partial charge on any atom is -0.545 e. The summed E-state index contributed by atoms with van der Waals surface area (Å²) in [7, 11) is 0. The number of carboxylic acid groups (broad SMARTS) is 2. The third-order valence-electron chi connectivity index (χ3n) is 4.54. The van der Waals surface area contributed by atoms with Crippen LogP contribution in [0.3, 0.4) is 0 Å². The first kappa shape index (κ1) is 22.1. The van der Waals surface area contributed by atoms with Gasteiger partial charge in [0.1, 0.15) is 0 Å². The molecular weight excluding hydrogens is 336 g/mol. The summed E-state index contributed by atoms with van der Waals surface area (Å²) >= 11 is 0. The second kappa shape index (κ2) is 12.4. The van der Waals surface area contributed by atoms with Crippen molar-refractivity contribution in [2.75, 3.05) is 13.2 Å². The Bertz CT molecular complexity index is 531. The van der Waals surface area contributed by atoms with Crippen LogP contribution in [0.15, 0.2) is 12.1 Å². The van der Waals surface area contributed by atoms with Gasteiger partial charge in [0.15, 0.2) is 0 Å². The molecule has 0 amide bonds. The maximum Gasteiger partial charge on any atom is 0.0718 e. The van der Waals surface area contributed by atoms with Crippen LogP contribution in [0.5, 0.6) is 0 Å². The maximum absolute atomic E-state index is 11.5. The number of hydrogen-bond donors (Lipinski definition) is 2. The fourth-order valence-corrected chi connectivity index (χ4v) is 3.18. The van der Waals surface area contributed by atoms with Crippen molar-refractivity contribution in [3.05, 3.63) is 34.4 Å². The van der Waals surface area contributed by atoms with Crippen molar-refractivity contribution >= 4 is 11.9 Å². The number of carbonyl (C=O) groups is 2. The predicted octanol–water partition coefficient (Wildman–Crippen LogP) is 0.604. The largest absolute Gasteiger partial charge is 0.545 e. The zero-order valence-corrected chi connectivity index (χ0v) is 15.2. The first-order valence-corrected chi connectivity index (χ1v) is 9.32. The second-order valence-electron chi connectivity index (χ2n) is 6.47. The summed E-state index contributed by atoms with van der Waals surface area (Å²) in [5.74, 6) is -2.61. The van der Waals surface area contributed by atoms with E-state index in [9.17, 15) is 19.8 Å². The van der Waals surface area contributed by atoms with Crippen molar-refractivity contribution in [1.82, 2.24) is 0 Å². The lowest BCUT2D eigenvalue weighted by molar-refractivity contribution is -0.256. The number of rotatable bonds is 14. The molecule has 1 rings (SSSR count). The molecule has 0 heterocycles. The number of carbonyl (C=O) groups excluding carboxylic acids is 2. The van der Waals surface area contributed by atoms with E-state index < -0.39 is 11.9 Å². The Labute approximate surface area is 154 Å². The molecule has 0 spiro atoms. The predicted molar refractivity (Wildman–Crippen MR) is 93.6 cm³/mol. The van der Waals surface area contributed by atoms with Gasteiger partial charge in [-0.25, -0.2) is 0 Å². The van der Waals surface area contributed by atoms with E-state index in [1.807, 2.05) is 0 Å². The number of carboxylic acids is 2. The molecule has 0 radical (unpaired) electrons. The summed E-state index contributed by atoms with van der Waals surface area (Å²) in [5.41, 5.74) is 1.14. The van der Waals surface area contributed by atoms with E-state index in [0.717, 1.165) is 25.7 Å². The fraction of sp³-hybridized carbons (Fsp3) is 0.600. The molecule has 6 nitrogen and oxygen atoms in total. The van der Waals surface area contributed by atoms with Crippen molar-refractivity contribution in [3.63, 3.8) is 0 Å². The van der Waals surface area contributed by atoms with Gasteiger partial charge in [-0.3, -0.25) is 0 Å². The lowest BCUT2D eigenvalue weighted by Gasteiger charge is -2.20. The SMILES string of the molecule is O=C([O-])c1ccc(C(=O)[O-])c(CCCCCCO)c1CCCCCCO. The van der Waals surface area contributed by atoms with Gasteiger partial charge in [0.05, 0.1) is 11.9 Å². The Morgan fingerprint density at radius 2 is 1.00 bits per heavy atom. The summed E-state index contributed by atoms with van der Waals surface area (Å²) in [5, 5.41) is 40.6. The first-order valence-electron chi connectivity index (χ1n) is 9.32. The van der Waals surface area contributed by atoms with E-state index in [1.54, 1.807) is 0 Å². The molecule has 0 aliphatic rings. The normalized spacial score (nSPS) is 10.8. The van der Waals surface area contributed by atoms with Crippen LogP contribution in [0, 0.1) is 0 Å². The molecule has 0 aliphatic heterocycles. The molecule has 0 unspecified atom stereocenters. The van der Waals surface area contributed by atoms with E-state index in [4.69, 9.17) is 10.2 Å². The molecule has 2 N–H and O–H groups in total. The van der Waals surface area contributed by atoms with E-state index >= 15 is 0 Å². The molecular formula is C20H28O6-2. The second-order valence-corrected chi connectivity index (χ2v) is 6.47. The summed E-state index contributed by atoms with van der Waals surface area (Å²) in [6.07, 6.45) is 7.10. The third kappa shape index (κ3) is 7.14. The number of aromatic carboxylic acids is 2. The minimum absolute atomic E-state index is 0.0440. The van der Waals surface area contributed by atoms with E-state index in [-0.39, 0.29) is 24.3 Å². The molecule has 146 valence electrons. The standard InChI is InChI=1S/C20H30O6/c21-13-7-3-1-5-9-15-16(10-6-2-4-8-14-22)18(20(25)26)12-11-17(15)19(23)24/h11-12,21-22H,1-10,13-14H2,(H,23,24)(H,25,26)/p-2. The van der Waals surface area contributed by atoms with Gasteiger partial charge in [0.2, 0.25) is 0 Å². The summed E-state index contributed by atoms with van der Waals surface area (Å²) in [4.78, 5) is 22.9. The smallest absolute Gasteiger partial charge is 0.0718 e. The number of unbranched alkanes of at least 4 members (excludes halogenated alkanes) is 6. The minimum atomic E-state index is -1.30. The third-order valence-corrected chi connectivity index (χ3v) is 4.54. The lowest BCUT2D eigenvalue weighted by atomic mass is 9.89. The number of hydrogen-bond acceptors (Lipinski definition) is 6. The zero-order valence-electron chi connectivity index (χ0n) is 15.2. The Balaban J connectivity index is 2.99. The Kier molecular flexibility index (Phi) is 10.6. The molecule has 1 aromatic rings. The number of benzene rings is 1. The van der Waals surface area contributed by atoms with E-state index in [1.165, 1.54) is 12.1 Å². The number of aliphatic hydroxyl groups is 2. The summed E-state index contributed by atoms with van der Waals surface area (Å²) in [6, 6.07) is 2.58.